The lowest BCUT2D eigenvalue weighted by atomic mass is 10.1. The van der Waals surface area contributed by atoms with E-state index in [4.69, 9.17) is 16.6 Å². The summed E-state index contributed by atoms with van der Waals surface area (Å²) < 4.78 is 8.33. The van der Waals surface area contributed by atoms with Crippen LogP contribution < -0.4 is 5.32 Å². The van der Waals surface area contributed by atoms with Gasteiger partial charge in [-0.15, -0.1) is 10.2 Å². The molecule has 0 unspecified atom stereocenters. The van der Waals surface area contributed by atoms with Gasteiger partial charge in [0.1, 0.15) is 5.82 Å². The molecule has 0 saturated heterocycles. The number of nitrogens with zero attached hydrogens (tertiary/aromatic N) is 4. The molecule has 2 aromatic carbocycles. The predicted octanol–water partition coefficient (Wildman–Crippen LogP) is 3.96. The molecule has 9 heteroatoms. The van der Waals surface area contributed by atoms with Crippen molar-refractivity contribution >= 4 is 18.1 Å². The van der Waals surface area contributed by atoms with Gasteiger partial charge in [0.05, 0.1) is 0 Å². The van der Waals surface area contributed by atoms with Crippen LogP contribution >= 0.6 is 12.2 Å². The number of rotatable bonds is 7. The minimum Gasteiger partial charge on any atom is -0.416 e. The number of benzene rings is 2. The van der Waals surface area contributed by atoms with Crippen molar-refractivity contribution in [3.63, 3.8) is 0 Å². The second kappa shape index (κ2) is 9.05. The summed E-state index contributed by atoms with van der Waals surface area (Å²) in [6.07, 6.45) is 0.592. The molecule has 0 atom stereocenters. The molecule has 0 bridgehead atoms. The molecule has 2 heterocycles. The van der Waals surface area contributed by atoms with Crippen molar-refractivity contribution in [2.24, 2.45) is 0 Å². The van der Waals surface area contributed by atoms with Crippen molar-refractivity contribution < 1.29 is 9.21 Å². The van der Waals surface area contributed by atoms with Crippen molar-refractivity contribution in [1.82, 2.24) is 30.3 Å². The maximum absolute atomic E-state index is 12.5. The van der Waals surface area contributed by atoms with E-state index in [-0.39, 0.29) is 5.91 Å². The Morgan fingerprint density at radius 1 is 1.13 bits per heavy atom. The lowest BCUT2D eigenvalue weighted by Crippen LogP contribution is -2.26. The predicted molar refractivity (Wildman–Crippen MR) is 119 cm³/mol. The van der Waals surface area contributed by atoms with Gasteiger partial charge in [0.25, 0.3) is 5.91 Å². The van der Waals surface area contributed by atoms with Crippen LogP contribution in [-0.4, -0.2) is 37.4 Å². The molecule has 0 aliphatic heterocycles. The molecule has 2 N–H and O–H groups in total. The number of H-pyrrole nitrogens is 1. The van der Waals surface area contributed by atoms with Crippen LogP contribution in [0.4, 0.5) is 0 Å². The zero-order valence-corrected chi connectivity index (χ0v) is 18.1. The van der Waals surface area contributed by atoms with E-state index in [1.807, 2.05) is 42.7 Å². The Labute approximate surface area is 184 Å². The van der Waals surface area contributed by atoms with E-state index in [2.05, 4.69) is 25.7 Å². The van der Waals surface area contributed by atoms with Gasteiger partial charge >= 0.3 is 0 Å². The molecule has 4 aromatic rings. The highest BCUT2D eigenvalue weighted by Crippen LogP contribution is 2.26. The summed E-state index contributed by atoms with van der Waals surface area (Å²) >= 11 is 5.18. The number of carbonyl (C=O) groups is 1. The Balaban J connectivity index is 1.39. The summed E-state index contributed by atoms with van der Waals surface area (Å²) in [6, 6.07) is 14.9. The van der Waals surface area contributed by atoms with Crippen molar-refractivity contribution in [2.75, 3.05) is 6.54 Å². The highest BCUT2D eigenvalue weighted by molar-refractivity contribution is 7.71. The average Bonchev–Trinajstić information content (AvgIpc) is 3.41. The second-order valence-electron chi connectivity index (χ2n) is 7.00. The van der Waals surface area contributed by atoms with E-state index in [1.165, 1.54) is 0 Å². The van der Waals surface area contributed by atoms with Crippen LogP contribution in [0.2, 0.25) is 0 Å². The van der Waals surface area contributed by atoms with Gasteiger partial charge in [0.2, 0.25) is 11.8 Å². The summed E-state index contributed by atoms with van der Waals surface area (Å²) in [5.41, 5.74) is 3.27. The summed E-state index contributed by atoms with van der Waals surface area (Å²) in [5.74, 6) is 1.55. The topological polar surface area (TPSA) is 102 Å². The molecule has 4 rings (SSSR count). The summed E-state index contributed by atoms with van der Waals surface area (Å²) in [6.45, 7) is 5.20. The number of hydrogen-bond acceptors (Lipinski definition) is 6. The average molecular weight is 435 g/mol. The monoisotopic (exact) mass is 434 g/mol. The highest BCUT2D eigenvalue weighted by atomic mass is 32.1. The Bertz CT molecular complexity index is 1260. The van der Waals surface area contributed by atoms with Crippen molar-refractivity contribution in [3.05, 3.63) is 70.3 Å². The Morgan fingerprint density at radius 2 is 1.87 bits per heavy atom. The van der Waals surface area contributed by atoms with Gasteiger partial charge < -0.3 is 14.3 Å². The minimum atomic E-state index is -0.158. The number of nitrogens with one attached hydrogen (secondary N) is 2. The Hall–Kier alpha value is -3.59. The molecule has 1 amide bonds. The van der Waals surface area contributed by atoms with Crippen LogP contribution in [0, 0.1) is 11.7 Å². The summed E-state index contributed by atoms with van der Waals surface area (Å²) in [5, 5.41) is 18.2. The van der Waals surface area contributed by atoms with Gasteiger partial charge in [0, 0.05) is 36.2 Å². The molecule has 0 spiro atoms. The fraction of sp³-hybridized carbons (Fsp3) is 0.227. The molecule has 0 fully saturated rings. The Morgan fingerprint density at radius 3 is 2.61 bits per heavy atom. The smallest absolute Gasteiger partial charge is 0.251 e. The molecular weight excluding hydrogens is 412 g/mol. The lowest BCUT2D eigenvalue weighted by molar-refractivity contribution is 0.0954. The molecular formula is C22H22N6O2S. The third kappa shape index (κ3) is 4.46. The van der Waals surface area contributed by atoms with Crippen LogP contribution in [0.3, 0.4) is 0 Å². The largest absolute Gasteiger partial charge is 0.416 e. The molecule has 0 radical (unpaired) electrons. The number of aromatic nitrogens is 5. The fourth-order valence-corrected chi connectivity index (χ4v) is 3.56. The van der Waals surface area contributed by atoms with Crippen molar-refractivity contribution in [1.29, 1.82) is 0 Å². The van der Waals surface area contributed by atoms with Crippen molar-refractivity contribution in [2.45, 2.75) is 26.8 Å². The molecule has 158 valence electrons. The quantitative estimate of drug-likeness (QED) is 0.427. The minimum absolute atomic E-state index is 0.158. The van der Waals surface area contributed by atoms with Gasteiger partial charge in [-0.2, -0.15) is 5.10 Å². The second-order valence-corrected chi connectivity index (χ2v) is 7.39. The van der Waals surface area contributed by atoms with E-state index in [1.54, 1.807) is 24.3 Å². The Kier molecular flexibility index (Phi) is 6.03. The fourth-order valence-electron chi connectivity index (χ4n) is 3.28. The number of aromatic amines is 1. The first-order valence-electron chi connectivity index (χ1n) is 9.99. The van der Waals surface area contributed by atoms with E-state index in [0.29, 0.717) is 35.1 Å². The van der Waals surface area contributed by atoms with Gasteiger partial charge in [-0.1, -0.05) is 18.2 Å². The van der Waals surface area contributed by atoms with Gasteiger partial charge in [-0.3, -0.25) is 9.89 Å². The normalized spacial score (nSPS) is 10.9. The molecule has 0 saturated carbocycles. The maximum atomic E-state index is 12.5. The highest BCUT2D eigenvalue weighted by Gasteiger charge is 2.13. The van der Waals surface area contributed by atoms with Crippen LogP contribution in [-0.2, 0) is 13.0 Å². The first-order chi connectivity index (χ1) is 15.1. The van der Waals surface area contributed by atoms with E-state index < -0.39 is 0 Å². The van der Waals surface area contributed by atoms with Crippen LogP contribution in [0.25, 0.3) is 22.9 Å². The van der Waals surface area contributed by atoms with Gasteiger partial charge in [0.15, 0.2) is 4.77 Å². The first kappa shape index (κ1) is 20.7. The van der Waals surface area contributed by atoms with Crippen LogP contribution in [0.5, 0.6) is 0 Å². The molecule has 31 heavy (non-hydrogen) atoms. The first-order valence-corrected chi connectivity index (χ1v) is 10.4. The zero-order chi connectivity index (χ0) is 21.8. The summed E-state index contributed by atoms with van der Waals surface area (Å²) in [7, 11) is 0. The third-order valence-corrected chi connectivity index (χ3v) is 5.29. The molecule has 8 nitrogen and oxygen atoms in total. The zero-order valence-electron chi connectivity index (χ0n) is 17.3. The van der Waals surface area contributed by atoms with Gasteiger partial charge in [-0.05, 0) is 62.0 Å². The summed E-state index contributed by atoms with van der Waals surface area (Å²) in [4.78, 5) is 12.5. The van der Waals surface area contributed by atoms with E-state index >= 15 is 0 Å². The van der Waals surface area contributed by atoms with Crippen LogP contribution in [0.1, 0.15) is 28.7 Å². The van der Waals surface area contributed by atoms with E-state index in [0.717, 1.165) is 29.1 Å². The van der Waals surface area contributed by atoms with E-state index in [9.17, 15) is 4.79 Å². The number of hydrogen-bond donors (Lipinski definition) is 2. The third-order valence-electron chi connectivity index (χ3n) is 4.98. The molecule has 0 aliphatic rings. The van der Waals surface area contributed by atoms with Crippen LogP contribution in [0.15, 0.2) is 52.9 Å². The lowest BCUT2D eigenvalue weighted by Gasteiger charge is -2.06. The van der Waals surface area contributed by atoms with Crippen molar-refractivity contribution in [3.8, 4) is 22.9 Å². The number of amides is 1. The SMILES string of the molecule is CCn1c(CCNC(=O)c2ccc(-c3nnc(-c4ccccc4C)o3)cc2)n[nH]c1=S. The molecule has 0 aliphatic carbocycles. The maximum Gasteiger partial charge on any atom is 0.251 e. The number of carbonyl (C=O) groups excluding carboxylic acids is 1. The number of aryl methyl sites for hydroxylation is 1. The molecule has 2 aromatic heterocycles. The van der Waals surface area contributed by atoms with Gasteiger partial charge in [-0.25, -0.2) is 0 Å². The standard InChI is InChI=1S/C22H22N6O2S/c1-3-28-18(24-27-22(28)31)12-13-23-19(29)15-8-10-16(11-9-15)20-25-26-21(30-20)17-7-5-4-6-14(17)2/h4-11H,3,12-13H2,1-2H3,(H,23,29)(H,27,31).